The van der Waals surface area contributed by atoms with Gasteiger partial charge in [-0.1, -0.05) is 0 Å². The van der Waals surface area contributed by atoms with Crippen LogP contribution in [0.25, 0.3) is 0 Å². The third kappa shape index (κ3) is 4.58. The van der Waals surface area contributed by atoms with Crippen LogP contribution in [0.2, 0.25) is 0 Å². The molecule has 0 bridgehead atoms. The van der Waals surface area contributed by atoms with E-state index in [4.69, 9.17) is 14.7 Å². The van der Waals surface area contributed by atoms with Gasteiger partial charge in [0, 0.05) is 27.3 Å². The Morgan fingerprint density at radius 2 is 1.93 bits per heavy atom. The van der Waals surface area contributed by atoms with Crippen LogP contribution in [-0.4, -0.2) is 58.1 Å². The van der Waals surface area contributed by atoms with E-state index >= 15 is 0 Å². The highest BCUT2D eigenvalue weighted by atomic mass is 16.7. The van der Waals surface area contributed by atoms with Crippen molar-refractivity contribution in [1.29, 1.82) is 5.26 Å². The van der Waals surface area contributed by atoms with Crippen molar-refractivity contribution in [2.24, 2.45) is 0 Å². The minimum atomic E-state index is -0.820. The van der Waals surface area contributed by atoms with Gasteiger partial charge in [0.2, 0.25) is 0 Å². The molecule has 5 nitrogen and oxygen atoms in total. The van der Waals surface area contributed by atoms with Gasteiger partial charge in [-0.2, -0.15) is 5.26 Å². The smallest absolute Gasteiger partial charge is 0.188 e. The van der Waals surface area contributed by atoms with Crippen molar-refractivity contribution < 1.29 is 9.47 Å². The molecule has 0 fully saturated rings. The fourth-order valence-electron chi connectivity index (χ4n) is 1.28. The predicted molar refractivity (Wildman–Crippen MR) is 58.4 cm³/mol. The summed E-state index contributed by atoms with van der Waals surface area (Å²) in [6, 6.07) is 2.17. The molecule has 0 rings (SSSR count). The minimum absolute atomic E-state index is 0.565. The SMILES string of the molecule is COC(OC)C(C)(C#N)NCCN(C)C. The second kappa shape index (κ2) is 6.75. The van der Waals surface area contributed by atoms with E-state index < -0.39 is 11.8 Å². The maximum atomic E-state index is 9.10. The monoisotopic (exact) mass is 215 g/mol. The number of likely N-dealkylation sites (N-methyl/N-ethyl adjacent to an activating group) is 1. The van der Waals surface area contributed by atoms with E-state index in [1.165, 1.54) is 14.2 Å². The Labute approximate surface area is 92.0 Å². The molecule has 1 N–H and O–H groups in total. The summed E-state index contributed by atoms with van der Waals surface area (Å²) in [5.74, 6) is 0. The summed E-state index contributed by atoms with van der Waals surface area (Å²) in [5, 5.41) is 12.2. The fourth-order valence-corrected chi connectivity index (χ4v) is 1.28. The van der Waals surface area contributed by atoms with Gasteiger partial charge < -0.3 is 14.4 Å². The van der Waals surface area contributed by atoms with Crippen LogP contribution in [-0.2, 0) is 9.47 Å². The first-order valence-electron chi connectivity index (χ1n) is 4.86. The van der Waals surface area contributed by atoms with Gasteiger partial charge in [0.05, 0.1) is 6.07 Å². The van der Waals surface area contributed by atoms with Crippen LogP contribution in [0.3, 0.4) is 0 Å². The molecular formula is C10H21N3O2. The maximum absolute atomic E-state index is 9.10. The summed E-state index contributed by atoms with van der Waals surface area (Å²) in [5.41, 5.74) is -0.820. The summed E-state index contributed by atoms with van der Waals surface area (Å²) in [4.78, 5) is 2.04. The van der Waals surface area contributed by atoms with E-state index in [2.05, 4.69) is 11.4 Å². The van der Waals surface area contributed by atoms with Crippen molar-refractivity contribution in [2.45, 2.75) is 18.8 Å². The Hall–Kier alpha value is -0.670. The number of nitrogens with zero attached hydrogens (tertiary/aromatic N) is 2. The number of hydrogen-bond acceptors (Lipinski definition) is 5. The normalized spacial score (nSPS) is 15.3. The molecule has 0 amide bonds. The second-order valence-electron chi connectivity index (χ2n) is 3.85. The van der Waals surface area contributed by atoms with Crippen molar-refractivity contribution >= 4 is 0 Å². The Balaban J connectivity index is 4.25. The summed E-state index contributed by atoms with van der Waals surface area (Å²) < 4.78 is 10.2. The predicted octanol–water partition coefficient (Wildman–Crippen LogP) is 0.0388. The molecule has 0 saturated carbocycles. The zero-order valence-corrected chi connectivity index (χ0v) is 10.2. The molecule has 5 heteroatoms. The van der Waals surface area contributed by atoms with Gasteiger partial charge in [-0.05, 0) is 21.0 Å². The molecule has 0 aliphatic heterocycles. The lowest BCUT2D eigenvalue weighted by Gasteiger charge is -2.30. The number of hydrogen-bond donors (Lipinski definition) is 1. The lowest BCUT2D eigenvalue weighted by Crippen LogP contribution is -2.54. The Morgan fingerprint density at radius 3 is 2.27 bits per heavy atom. The van der Waals surface area contributed by atoms with Crippen molar-refractivity contribution in [2.75, 3.05) is 41.4 Å². The maximum Gasteiger partial charge on any atom is 0.188 e. The van der Waals surface area contributed by atoms with Crippen LogP contribution in [0.15, 0.2) is 0 Å². The molecule has 0 aromatic heterocycles. The molecule has 0 aliphatic carbocycles. The highest BCUT2D eigenvalue weighted by molar-refractivity contribution is 5.06. The summed E-state index contributed by atoms with van der Waals surface area (Å²) >= 11 is 0. The number of methoxy groups -OCH3 is 2. The first-order chi connectivity index (χ1) is 7.00. The molecule has 88 valence electrons. The van der Waals surface area contributed by atoms with Crippen molar-refractivity contribution in [3.8, 4) is 6.07 Å². The van der Waals surface area contributed by atoms with E-state index in [0.29, 0.717) is 6.54 Å². The Bertz CT molecular complexity index is 211. The van der Waals surface area contributed by atoms with Crippen LogP contribution in [0.1, 0.15) is 6.92 Å². The quantitative estimate of drug-likeness (QED) is 0.608. The molecule has 0 spiro atoms. The van der Waals surface area contributed by atoms with Crippen LogP contribution >= 0.6 is 0 Å². The van der Waals surface area contributed by atoms with Gasteiger partial charge in [-0.25, -0.2) is 0 Å². The first-order valence-corrected chi connectivity index (χ1v) is 4.86. The van der Waals surface area contributed by atoms with E-state index in [-0.39, 0.29) is 0 Å². The number of nitriles is 1. The minimum Gasteiger partial charge on any atom is -0.353 e. The van der Waals surface area contributed by atoms with E-state index in [1.54, 1.807) is 6.92 Å². The van der Waals surface area contributed by atoms with Crippen LogP contribution in [0.5, 0.6) is 0 Å². The zero-order chi connectivity index (χ0) is 11.9. The molecule has 15 heavy (non-hydrogen) atoms. The third-order valence-electron chi connectivity index (χ3n) is 2.18. The average molecular weight is 215 g/mol. The molecule has 0 aromatic rings. The Morgan fingerprint density at radius 1 is 1.40 bits per heavy atom. The van der Waals surface area contributed by atoms with E-state index in [1.807, 2.05) is 19.0 Å². The molecule has 0 heterocycles. The number of rotatable bonds is 7. The zero-order valence-electron chi connectivity index (χ0n) is 10.2. The molecule has 0 saturated heterocycles. The van der Waals surface area contributed by atoms with Gasteiger partial charge in [-0.15, -0.1) is 0 Å². The van der Waals surface area contributed by atoms with Gasteiger partial charge in [0.1, 0.15) is 0 Å². The fraction of sp³-hybridized carbons (Fsp3) is 0.900. The lowest BCUT2D eigenvalue weighted by atomic mass is 10.0. The van der Waals surface area contributed by atoms with Gasteiger partial charge in [-0.3, -0.25) is 5.32 Å². The molecule has 0 radical (unpaired) electrons. The molecule has 0 aromatic carbocycles. The van der Waals surface area contributed by atoms with Crippen LogP contribution in [0.4, 0.5) is 0 Å². The van der Waals surface area contributed by atoms with Gasteiger partial charge in [0.25, 0.3) is 0 Å². The molecular weight excluding hydrogens is 194 g/mol. The first kappa shape index (κ1) is 14.3. The van der Waals surface area contributed by atoms with Gasteiger partial charge >= 0.3 is 0 Å². The van der Waals surface area contributed by atoms with E-state index in [0.717, 1.165) is 6.54 Å². The molecule has 1 atom stereocenters. The van der Waals surface area contributed by atoms with Crippen LogP contribution in [0, 0.1) is 11.3 Å². The standard InChI is InChI=1S/C10H21N3O2/c1-10(8-11,9(14-4)15-5)12-6-7-13(2)3/h9,12H,6-7H2,1-5H3. The lowest BCUT2D eigenvalue weighted by molar-refractivity contribution is -0.137. The number of ether oxygens (including phenoxy) is 2. The Kier molecular flexibility index (Phi) is 6.45. The van der Waals surface area contributed by atoms with Crippen molar-refractivity contribution in [3.63, 3.8) is 0 Å². The summed E-state index contributed by atoms with van der Waals surface area (Å²) in [6.07, 6.45) is -0.565. The largest absolute Gasteiger partial charge is 0.353 e. The number of nitrogens with one attached hydrogen (secondary N) is 1. The highest BCUT2D eigenvalue weighted by Crippen LogP contribution is 2.12. The molecule has 0 aliphatic rings. The van der Waals surface area contributed by atoms with Crippen LogP contribution < -0.4 is 5.32 Å². The topological polar surface area (TPSA) is 57.5 Å². The van der Waals surface area contributed by atoms with E-state index in [9.17, 15) is 0 Å². The summed E-state index contributed by atoms with van der Waals surface area (Å²) in [7, 11) is 7.01. The highest BCUT2D eigenvalue weighted by Gasteiger charge is 2.34. The molecule has 1 unspecified atom stereocenters. The third-order valence-corrected chi connectivity index (χ3v) is 2.18. The second-order valence-corrected chi connectivity index (χ2v) is 3.85. The van der Waals surface area contributed by atoms with Gasteiger partial charge in [0.15, 0.2) is 11.8 Å². The summed E-state index contributed by atoms with van der Waals surface area (Å²) in [6.45, 7) is 3.33. The van der Waals surface area contributed by atoms with Crippen molar-refractivity contribution in [3.05, 3.63) is 0 Å². The average Bonchev–Trinajstić information content (AvgIpc) is 2.19. The van der Waals surface area contributed by atoms with Crippen molar-refractivity contribution in [1.82, 2.24) is 10.2 Å².